The van der Waals surface area contributed by atoms with E-state index in [0.717, 1.165) is 11.3 Å². The fourth-order valence-electron chi connectivity index (χ4n) is 3.72. The molecule has 1 aromatic carbocycles. The van der Waals surface area contributed by atoms with Gasteiger partial charge in [-0.2, -0.15) is 0 Å². The predicted molar refractivity (Wildman–Crippen MR) is 117 cm³/mol. The Kier molecular flexibility index (Phi) is 6.58. The third-order valence-electron chi connectivity index (χ3n) is 5.68. The topological polar surface area (TPSA) is 129 Å². The molecule has 0 saturated heterocycles. The molecule has 0 spiro atoms. The van der Waals surface area contributed by atoms with Gasteiger partial charge in [-0.3, -0.25) is 19.4 Å². The fourth-order valence-corrected chi connectivity index (χ4v) is 3.72. The number of amides is 2. The molecule has 2 amide bonds. The summed E-state index contributed by atoms with van der Waals surface area (Å²) in [7, 11) is 0. The number of pyridine rings is 1. The molecule has 2 heterocycles. The van der Waals surface area contributed by atoms with Gasteiger partial charge in [0.15, 0.2) is 0 Å². The number of benzene rings is 1. The summed E-state index contributed by atoms with van der Waals surface area (Å²) in [4.78, 5) is 42.2. The number of nitrogens with one attached hydrogen (secondary N) is 1. The van der Waals surface area contributed by atoms with E-state index in [4.69, 9.17) is 9.84 Å². The molecular formula is C24H25N3O6. The number of carboxylic acid groups (broad SMARTS) is 1. The van der Waals surface area contributed by atoms with E-state index in [0.29, 0.717) is 18.1 Å². The number of aromatic nitrogens is 1. The number of nitrogens with zero attached hydrogens (tertiary/aromatic N) is 2. The van der Waals surface area contributed by atoms with Gasteiger partial charge in [-0.25, -0.2) is 0 Å². The summed E-state index contributed by atoms with van der Waals surface area (Å²) in [6.45, 7) is 0.230. The van der Waals surface area contributed by atoms with Crippen molar-refractivity contribution in [3.8, 4) is 5.75 Å². The number of carbonyl (C=O) groups is 3. The minimum Gasteiger partial charge on any atom is -0.511 e. The SMILES string of the molecule is O=C(O)CNC(=O)C1=C(O)C[C@@H](c2cccnc2)N(Cc2ccc(OCC3CC3)cc2)C1=O. The first-order valence-electron chi connectivity index (χ1n) is 10.8. The molecule has 1 saturated carbocycles. The van der Waals surface area contributed by atoms with Crippen LogP contribution in [0.1, 0.15) is 36.4 Å². The Hall–Kier alpha value is -3.88. The minimum atomic E-state index is -1.25. The molecule has 9 nitrogen and oxygen atoms in total. The first-order valence-corrected chi connectivity index (χ1v) is 10.8. The number of ether oxygens (including phenoxy) is 1. The lowest BCUT2D eigenvalue weighted by atomic mass is 9.93. The number of carboxylic acids is 1. The van der Waals surface area contributed by atoms with Crippen LogP contribution in [0.3, 0.4) is 0 Å². The molecular weight excluding hydrogens is 426 g/mol. The zero-order valence-corrected chi connectivity index (χ0v) is 17.9. The largest absolute Gasteiger partial charge is 0.511 e. The number of hydrogen-bond donors (Lipinski definition) is 3. The van der Waals surface area contributed by atoms with Crippen LogP contribution in [-0.4, -0.2) is 51.0 Å². The zero-order valence-electron chi connectivity index (χ0n) is 17.9. The van der Waals surface area contributed by atoms with Crippen molar-refractivity contribution in [1.82, 2.24) is 15.2 Å². The van der Waals surface area contributed by atoms with Crippen LogP contribution in [0.25, 0.3) is 0 Å². The second-order valence-electron chi connectivity index (χ2n) is 8.24. The van der Waals surface area contributed by atoms with Gasteiger partial charge in [-0.05, 0) is 48.1 Å². The molecule has 3 N–H and O–H groups in total. The molecule has 33 heavy (non-hydrogen) atoms. The van der Waals surface area contributed by atoms with E-state index in [-0.39, 0.29) is 18.7 Å². The number of aliphatic carboxylic acids is 1. The highest BCUT2D eigenvalue weighted by molar-refractivity contribution is 6.19. The minimum absolute atomic E-state index is 0.00976. The van der Waals surface area contributed by atoms with Gasteiger partial charge in [0.25, 0.3) is 11.8 Å². The van der Waals surface area contributed by atoms with Crippen LogP contribution in [0, 0.1) is 5.92 Å². The van der Waals surface area contributed by atoms with Crippen molar-refractivity contribution in [2.75, 3.05) is 13.2 Å². The quantitative estimate of drug-likeness (QED) is 0.499. The second kappa shape index (κ2) is 9.72. The highest BCUT2D eigenvalue weighted by atomic mass is 16.5. The van der Waals surface area contributed by atoms with Gasteiger partial charge in [0, 0.05) is 25.4 Å². The normalized spacial score (nSPS) is 18.2. The maximum absolute atomic E-state index is 13.3. The lowest BCUT2D eigenvalue weighted by Crippen LogP contribution is -2.44. The van der Waals surface area contributed by atoms with Crippen molar-refractivity contribution in [3.05, 3.63) is 71.3 Å². The highest BCUT2D eigenvalue weighted by Gasteiger charge is 2.38. The third-order valence-corrected chi connectivity index (χ3v) is 5.68. The van der Waals surface area contributed by atoms with E-state index in [1.54, 1.807) is 24.5 Å². The van der Waals surface area contributed by atoms with Crippen LogP contribution < -0.4 is 10.1 Å². The molecule has 2 aromatic rings. The summed E-state index contributed by atoms with van der Waals surface area (Å²) >= 11 is 0. The van der Waals surface area contributed by atoms with Crippen molar-refractivity contribution in [3.63, 3.8) is 0 Å². The summed E-state index contributed by atoms with van der Waals surface area (Å²) in [5, 5.41) is 21.5. The molecule has 2 aliphatic rings. The average molecular weight is 451 g/mol. The Bertz CT molecular complexity index is 1060. The number of hydrogen-bond acceptors (Lipinski definition) is 6. The Balaban J connectivity index is 1.57. The molecule has 1 fully saturated rings. The predicted octanol–water partition coefficient (Wildman–Crippen LogP) is 2.36. The summed E-state index contributed by atoms with van der Waals surface area (Å²) in [5.41, 5.74) is 1.09. The summed E-state index contributed by atoms with van der Waals surface area (Å²) < 4.78 is 5.77. The molecule has 1 atom stereocenters. The van der Waals surface area contributed by atoms with E-state index < -0.39 is 35.9 Å². The van der Waals surface area contributed by atoms with Crippen molar-refractivity contribution >= 4 is 17.8 Å². The lowest BCUT2D eigenvalue weighted by Gasteiger charge is -2.36. The summed E-state index contributed by atoms with van der Waals surface area (Å²) in [6, 6.07) is 10.4. The molecule has 0 bridgehead atoms. The van der Waals surface area contributed by atoms with Crippen molar-refractivity contribution in [2.45, 2.75) is 31.8 Å². The average Bonchev–Trinajstić information content (AvgIpc) is 3.64. The van der Waals surface area contributed by atoms with Gasteiger partial charge in [0.05, 0.1) is 12.6 Å². The van der Waals surface area contributed by atoms with Gasteiger partial charge in [-0.15, -0.1) is 0 Å². The van der Waals surface area contributed by atoms with Crippen LogP contribution in [-0.2, 0) is 20.9 Å². The van der Waals surface area contributed by atoms with Gasteiger partial charge in [0.2, 0.25) is 0 Å². The van der Waals surface area contributed by atoms with Gasteiger partial charge in [-0.1, -0.05) is 18.2 Å². The Morgan fingerprint density at radius 3 is 2.58 bits per heavy atom. The van der Waals surface area contributed by atoms with Gasteiger partial charge >= 0.3 is 5.97 Å². The Labute approximate surface area is 190 Å². The molecule has 1 aromatic heterocycles. The number of carbonyl (C=O) groups excluding carboxylic acids is 2. The lowest BCUT2D eigenvalue weighted by molar-refractivity contribution is -0.139. The first kappa shape index (κ1) is 22.3. The van der Waals surface area contributed by atoms with E-state index in [1.807, 2.05) is 24.3 Å². The van der Waals surface area contributed by atoms with Crippen LogP contribution in [0.4, 0.5) is 0 Å². The number of aliphatic hydroxyl groups is 1. The highest BCUT2D eigenvalue weighted by Crippen LogP contribution is 2.35. The first-order chi connectivity index (χ1) is 15.9. The standard InChI is InChI=1S/C24H25N3O6/c28-20-10-19(17-2-1-9-25-11-17)27(24(32)22(20)23(31)26-12-21(29)30)13-15-5-7-18(8-6-15)33-14-16-3-4-16/h1-2,5-9,11,16,19,28H,3-4,10,12-14H2,(H,26,31)(H,29,30)/t19-/m0/s1. The van der Waals surface area contributed by atoms with Crippen molar-refractivity contribution in [2.24, 2.45) is 5.92 Å². The third kappa shape index (κ3) is 5.49. The van der Waals surface area contributed by atoms with Gasteiger partial charge in [0.1, 0.15) is 23.6 Å². The van der Waals surface area contributed by atoms with Crippen LogP contribution in [0.2, 0.25) is 0 Å². The van der Waals surface area contributed by atoms with Crippen molar-refractivity contribution in [1.29, 1.82) is 0 Å². The van der Waals surface area contributed by atoms with Crippen LogP contribution in [0.5, 0.6) is 5.75 Å². The monoisotopic (exact) mass is 451 g/mol. The molecule has 172 valence electrons. The fraction of sp³-hybridized carbons (Fsp3) is 0.333. The van der Waals surface area contributed by atoms with Gasteiger partial charge < -0.3 is 25.2 Å². The van der Waals surface area contributed by atoms with E-state index in [2.05, 4.69) is 10.3 Å². The maximum atomic E-state index is 13.3. The smallest absolute Gasteiger partial charge is 0.322 e. The Morgan fingerprint density at radius 1 is 1.18 bits per heavy atom. The van der Waals surface area contributed by atoms with E-state index in [9.17, 15) is 19.5 Å². The zero-order chi connectivity index (χ0) is 23.4. The van der Waals surface area contributed by atoms with E-state index >= 15 is 0 Å². The second-order valence-corrected chi connectivity index (χ2v) is 8.24. The molecule has 0 radical (unpaired) electrons. The number of rotatable bonds is 9. The summed E-state index contributed by atoms with van der Waals surface area (Å²) in [5.74, 6) is -1.83. The maximum Gasteiger partial charge on any atom is 0.322 e. The number of aliphatic hydroxyl groups excluding tert-OH is 1. The molecule has 1 aliphatic heterocycles. The Morgan fingerprint density at radius 2 is 1.94 bits per heavy atom. The molecule has 9 heteroatoms. The molecule has 1 aliphatic carbocycles. The molecule has 0 unspecified atom stereocenters. The molecule has 4 rings (SSSR count). The van der Waals surface area contributed by atoms with E-state index in [1.165, 1.54) is 17.7 Å². The summed E-state index contributed by atoms with van der Waals surface area (Å²) in [6.07, 6.45) is 5.64. The van der Waals surface area contributed by atoms with Crippen LogP contribution >= 0.6 is 0 Å². The van der Waals surface area contributed by atoms with Crippen molar-refractivity contribution < 1.29 is 29.3 Å². The van der Waals surface area contributed by atoms with Crippen LogP contribution in [0.15, 0.2) is 60.1 Å².